The molecule has 0 amide bonds. The van der Waals surface area contributed by atoms with Crippen molar-refractivity contribution < 1.29 is 9.13 Å². The van der Waals surface area contributed by atoms with Crippen LogP contribution in [0.5, 0.6) is 5.75 Å². The molecule has 16 heavy (non-hydrogen) atoms. The van der Waals surface area contributed by atoms with Gasteiger partial charge in [0.2, 0.25) is 0 Å². The highest BCUT2D eigenvalue weighted by atomic mass is 32.1. The van der Waals surface area contributed by atoms with E-state index in [2.05, 4.69) is 5.32 Å². The van der Waals surface area contributed by atoms with Crippen LogP contribution in [-0.2, 0) is 6.54 Å². The minimum atomic E-state index is -0.269. The normalized spacial score (nSPS) is 10.1. The number of thiophene rings is 1. The van der Waals surface area contributed by atoms with Gasteiger partial charge in [-0.05, 0) is 23.6 Å². The fraction of sp³-hybridized carbons (Fsp3) is 0.167. The Hall–Kier alpha value is -1.55. The molecule has 0 saturated carbocycles. The molecule has 1 N–H and O–H groups in total. The van der Waals surface area contributed by atoms with E-state index in [1.165, 1.54) is 17.0 Å². The van der Waals surface area contributed by atoms with Gasteiger partial charge >= 0.3 is 0 Å². The highest BCUT2D eigenvalue weighted by Crippen LogP contribution is 2.25. The van der Waals surface area contributed by atoms with E-state index in [9.17, 15) is 4.39 Å². The number of halogens is 1. The fourth-order valence-corrected chi connectivity index (χ4v) is 2.06. The van der Waals surface area contributed by atoms with E-state index in [0.717, 1.165) is 0 Å². The topological polar surface area (TPSA) is 21.3 Å². The van der Waals surface area contributed by atoms with Crippen LogP contribution >= 0.6 is 11.3 Å². The maximum atomic E-state index is 13.1. The lowest BCUT2D eigenvalue weighted by atomic mass is 10.2. The molecular weight excluding hydrogens is 225 g/mol. The predicted molar refractivity (Wildman–Crippen MR) is 64.6 cm³/mol. The first-order chi connectivity index (χ1) is 7.79. The molecule has 0 saturated heterocycles. The van der Waals surface area contributed by atoms with Gasteiger partial charge in [-0.3, -0.25) is 0 Å². The van der Waals surface area contributed by atoms with Gasteiger partial charge in [0.05, 0.1) is 12.8 Å². The maximum absolute atomic E-state index is 13.1. The third-order valence-electron chi connectivity index (χ3n) is 2.19. The average molecular weight is 237 g/mol. The molecule has 2 nitrogen and oxygen atoms in total. The Kier molecular flexibility index (Phi) is 3.41. The van der Waals surface area contributed by atoms with Gasteiger partial charge in [0.15, 0.2) is 0 Å². The van der Waals surface area contributed by atoms with Crippen LogP contribution in [0.1, 0.15) is 4.88 Å². The summed E-state index contributed by atoms with van der Waals surface area (Å²) in [5, 5.41) is 5.17. The van der Waals surface area contributed by atoms with E-state index < -0.39 is 0 Å². The summed E-state index contributed by atoms with van der Waals surface area (Å²) in [6, 6.07) is 8.46. The molecule has 1 heterocycles. The van der Waals surface area contributed by atoms with Crippen LogP contribution in [0.2, 0.25) is 0 Å². The van der Waals surface area contributed by atoms with E-state index >= 15 is 0 Å². The minimum Gasteiger partial charge on any atom is -0.495 e. The molecule has 2 rings (SSSR count). The van der Waals surface area contributed by atoms with Gasteiger partial charge in [-0.1, -0.05) is 6.07 Å². The van der Waals surface area contributed by atoms with Gasteiger partial charge in [0.25, 0.3) is 0 Å². The smallest absolute Gasteiger partial charge is 0.142 e. The molecule has 0 aliphatic rings. The van der Waals surface area contributed by atoms with Crippen LogP contribution in [0.15, 0.2) is 35.7 Å². The Morgan fingerprint density at radius 1 is 1.38 bits per heavy atom. The molecule has 0 unspecified atom stereocenters. The third kappa shape index (κ3) is 2.52. The third-order valence-corrected chi connectivity index (χ3v) is 3.07. The maximum Gasteiger partial charge on any atom is 0.142 e. The van der Waals surface area contributed by atoms with Crippen molar-refractivity contribution in [2.45, 2.75) is 6.54 Å². The van der Waals surface area contributed by atoms with Gasteiger partial charge in [0, 0.05) is 17.5 Å². The molecule has 0 atom stereocenters. The SMILES string of the molecule is COc1ccc(F)cc1NCc1cccs1. The number of hydrogen-bond donors (Lipinski definition) is 1. The van der Waals surface area contributed by atoms with Crippen molar-refractivity contribution in [3.8, 4) is 5.75 Å². The molecule has 0 spiro atoms. The summed E-state index contributed by atoms with van der Waals surface area (Å²) in [4.78, 5) is 1.20. The lowest BCUT2D eigenvalue weighted by Gasteiger charge is -2.10. The largest absolute Gasteiger partial charge is 0.495 e. The Bertz CT molecular complexity index is 456. The fourth-order valence-electron chi connectivity index (χ4n) is 1.41. The molecular formula is C12H12FNOS. The average Bonchev–Trinajstić information content (AvgIpc) is 2.79. The number of ether oxygens (including phenoxy) is 1. The summed E-state index contributed by atoms with van der Waals surface area (Å²) in [5.41, 5.74) is 0.677. The zero-order chi connectivity index (χ0) is 11.4. The van der Waals surface area contributed by atoms with Crippen molar-refractivity contribution in [1.82, 2.24) is 0 Å². The molecule has 1 aromatic carbocycles. The monoisotopic (exact) mass is 237 g/mol. The number of hydrogen-bond acceptors (Lipinski definition) is 3. The van der Waals surface area contributed by atoms with E-state index in [4.69, 9.17) is 4.74 Å². The second kappa shape index (κ2) is 4.99. The number of rotatable bonds is 4. The van der Waals surface area contributed by atoms with Crippen LogP contribution in [0.3, 0.4) is 0 Å². The van der Waals surface area contributed by atoms with Crippen LogP contribution in [0.25, 0.3) is 0 Å². The van der Waals surface area contributed by atoms with Gasteiger partial charge in [-0.2, -0.15) is 0 Å². The summed E-state index contributed by atoms with van der Waals surface area (Å²) in [6.45, 7) is 0.678. The minimum absolute atomic E-state index is 0.269. The van der Waals surface area contributed by atoms with Gasteiger partial charge < -0.3 is 10.1 Å². The molecule has 0 aliphatic heterocycles. The van der Waals surface area contributed by atoms with Crippen molar-refractivity contribution in [2.24, 2.45) is 0 Å². The first-order valence-electron chi connectivity index (χ1n) is 4.89. The number of anilines is 1. The number of methoxy groups -OCH3 is 1. The molecule has 0 fully saturated rings. The highest BCUT2D eigenvalue weighted by Gasteiger charge is 2.04. The zero-order valence-electron chi connectivity index (χ0n) is 8.87. The quantitative estimate of drug-likeness (QED) is 0.878. The van der Waals surface area contributed by atoms with E-state index in [-0.39, 0.29) is 5.82 Å². The first kappa shape index (κ1) is 11.0. The van der Waals surface area contributed by atoms with E-state index in [1.54, 1.807) is 24.5 Å². The summed E-state index contributed by atoms with van der Waals surface area (Å²) < 4.78 is 18.2. The van der Waals surface area contributed by atoms with Gasteiger partial charge in [0.1, 0.15) is 11.6 Å². The van der Waals surface area contributed by atoms with E-state index in [1.807, 2.05) is 17.5 Å². The van der Waals surface area contributed by atoms with Crippen LogP contribution < -0.4 is 10.1 Å². The van der Waals surface area contributed by atoms with Gasteiger partial charge in [-0.15, -0.1) is 11.3 Å². The lowest BCUT2D eigenvalue weighted by Crippen LogP contribution is -2.00. The number of benzene rings is 1. The van der Waals surface area contributed by atoms with Crippen molar-refractivity contribution in [3.63, 3.8) is 0 Å². The van der Waals surface area contributed by atoms with Crippen molar-refractivity contribution >= 4 is 17.0 Å². The second-order valence-corrected chi connectivity index (χ2v) is 4.31. The Labute approximate surface area is 97.7 Å². The molecule has 2 aromatic rings. The van der Waals surface area contributed by atoms with Crippen LogP contribution in [0.4, 0.5) is 10.1 Å². The first-order valence-corrected chi connectivity index (χ1v) is 5.77. The van der Waals surface area contributed by atoms with Crippen molar-refractivity contribution in [2.75, 3.05) is 12.4 Å². The standard InChI is InChI=1S/C12H12FNOS/c1-15-12-5-4-9(13)7-11(12)14-8-10-3-2-6-16-10/h2-7,14H,8H2,1H3. The molecule has 0 radical (unpaired) electrons. The van der Waals surface area contributed by atoms with Crippen molar-refractivity contribution in [1.29, 1.82) is 0 Å². The Morgan fingerprint density at radius 3 is 2.94 bits per heavy atom. The van der Waals surface area contributed by atoms with Crippen molar-refractivity contribution in [3.05, 3.63) is 46.4 Å². The molecule has 4 heteroatoms. The summed E-state index contributed by atoms with van der Waals surface area (Å²) in [5.74, 6) is 0.382. The van der Waals surface area contributed by atoms with Gasteiger partial charge in [-0.25, -0.2) is 4.39 Å². The summed E-state index contributed by atoms with van der Waals surface area (Å²) in [6.07, 6.45) is 0. The van der Waals surface area contributed by atoms with E-state index in [0.29, 0.717) is 18.0 Å². The number of nitrogens with one attached hydrogen (secondary N) is 1. The summed E-state index contributed by atoms with van der Waals surface area (Å²) >= 11 is 1.66. The Balaban J connectivity index is 2.11. The molecule has 1 aromatic heterocycles. The Morgan fingerprint density at radius 2 is 2.25 bits per heavy atom. The highest BCUT2D eigenvalue weighted by molar-refractivity contribution is 7.09. The molecule has 0 bridgehead atoms. The zero-order valence-corrected chi connectivity index (χ0v) is 9.68. The van der Waals surface area contributed by atoms with Crippen LogP contribution in [-0.4, -0.2) is 7.11 Å². The predicted octanol–water partition coefficient (Wildman–Crippen LogP) is 3.51. The lowest BCUT2D eigenvalue weighted by molar-refractivity contribution is 0.415. The molecule has 0 aliphatic carbocycles. The molecule has 84 valence electrons. The summed E-state index contributed by atoms with van der Waals surface area (Å²) in [7, 11) is 1.57. The second-order valence-electron chi connectivity index (χ2n) is 3.28. The van der Waals surface area contributed by atoms with Crippen LogP contribution in [0, 0.1) is 5.82 Å².